The summed E-state index contributed by atoms with van der Waals surface area (Å²) < 4.78 is 35.2. The SMILES string of the molecule is COc1ccc(NC(=O)Cn2c(=O)n(Cc3ccccc3F)c(=O)c3sccc32)cc1F. The number of ether oxygens (including phenoxy) is 1. The molecule has 4 aromatic rings. The summed E-state index contributed by atoms with van der Waals surface area (Å²) in [7, 11) is 1.32. The summed E-state index contributed by atoms with van der Waals surface area (Å²) in [5, 5.41) is 4.15. The average Bonchev–Trinajstić information content (AvgIpc) is 3.25. The van der Waals surface area contributed by atoms with Gasteiger partial charge in [-0.1, -0.05) is 18.2 Å². The van der Waals surface area contributed by atoms with Crippen LogP contribution in [0.15, 0.2) is 63.5 Å². The molecular formula is C22H17F2N3O4S. The van der Waals surface area contributed by atoms with Crippen molar-refractivity contribution < 1.29 is 18.3 Å². The number of carbonyl (C=O) groups is 1. The summed E-state index contributed by atoms with van der Waals surface area (Å²) in [5.74, 6) is -1.77. The number of thiophene rings is 1. The van der Waals surface area contributed by atoms with Crippen molar-refractivity contribution in [3.05, 3.63) is 91.9 Å². The molecule has 1 amide bonds. The summed E-state index contributed by atoms with van der Waals surface area (Å²) in [6.45, 7) is -0.694. The highest BCUT2D eigenvalue weighted by atomic mass is 32.1. The monoisotopic (exact) mass is 457 g/mol. The van der Waals surface area contributed by atoms with Gasteiger partial charge in [0.2, 0.25) is 5.91 Å². The van der Waals surface area contributed by atoms with Crippen molar-refractivity contribution in [3.63, 3.8) is 0 Å². The molecule has 2 aromatic heterocycles. The maximum atomic E-state index is 14.1. The first-order valence-electron chi connectivity index (χ1n) is 9.46. The predicted octanol–water partition coefficient (Wildman–Crippen LogP) is 3.20. The number of methoxy groups -OCH3 is 1. The van der Waals surface area contributed by atoms with Crippen LogP contribution in [0.4, 0.5) is 14.5 Å². The van der Waals surface area contributed by atoms with Gasteiger partial charge in [0, 0.05) is 17.3 Å². The number of rotatable bonds is 6. The second-order valence-corrected chi connectivity index (χ2v) is 7.80. The van der Waals surface area contributed by atoms with Gasteiger partial charge in [-0.25, -0.2) is 13.6 Å². The van der Waals surface area contributed by atoms with E-state index in [0.717, 1.165) is 26.5 Å². The van der Waals surface area contributed by atoms with Crippen molar-refractivity contribution in [1.82, 2.24) is 9.13 Å². The zero-order valence-electron chi connectivity index (χ0n) is 16.8. The Balaban J connectivity index is 1.69. The Morgan fingerprint density at radius 1 is 1.06 bits per heavy atom. The van der Waals surface area contributed by atoms with E-state index in [1.54, 1.807) is 17.5 Å². The molecule has 4 rings (SSSR count). The Morgan fingerprint density at radius 2 is 1.84 bits per heavy atom. The van der Waals surface area contributed by atoms with Crippen LogP contribution < -0.4 is 21.3 Å². The van der Waals surface area contributed by atoms with Crippen molar-refractivity contribution in [2.75, 3.05) is 12.4 Å². The molecule has 0 aliphatic rings. The molecule has 0 bridgehead atoms. The number of nitrogens with one attached hydrogen (secondary N) is 1. The molecule has 0 saturated carbocycles. The molecule has 0 spiro atoms. The van der Waals surface area contributed by atoms with Crippen LogP contribution in [0, 0.1) is 11.6 Å². The molecule has 10 heteroatoms. The number of hydrogen-bond donors (Lipinski definition) is 1. The lowest BCUT2D eigenvalue weighted by Gasteiger charge is -2.13. The lowest BCUT2D eigenvalue weighted by atomic mass is 10.2. The Labute approximate surface area is 184 Å². The summed E-state index contributed by atoms with van der Waals surface area (Å²) in [4.78, 5) is 38.5. The summed E-state index contributed by atoms with van der Waals surface area (Å²) in [6, 6.07) is 11.3. The summed E-state index contributed by atoms with van der Waals surface area (Å²) in [5.41, 5.74) is -0.655. The van der Waals surface area contributed by atoms with Gasteiger partial charge in [-0.05, 0) is 29.6 Å². The van der Waals surface area contributed by atoms with Crippen LogP contribution in [-0.4, -0.2) is 22.2 Å². The lowest BCUT2D eigenvalue weighted by molar-refractivity contribution is -0.116. The second-order valence-electron chi connectivity index (χ2n) is 6.88. The fourth-order valence-electron chi connectivity index (χ4n) is 3.31. The molecule has 164 valence electrons. The fourth-order valence-corrected chi connectivity index (χ4v) is 4.15. The molecule has 0 aliphatic carbocycles. The molecule has 2 heterocycles. The maximum Gasteiger partial charge on any atom is 0.332 e. The molecule has 2 aromatic carbocycles. The molecular weight excluding hydrogens is 440 g/mol. The predicted molar refractivity (Wildman–Crippen MR) is 117 cm³/mol. The van der Waals surface area contributed by atoms with Crippen molar-refractivity contribution in [1.29, 1.82) is 0 Å². The molecule has 0 radical (unpaired) electrons. The van der Waals surface area contributed by atoms with Crippen LogP contribution in [-0.2, 0) is 17.9 Å². The van der Waals surface area contributed by atoms with Crippen LogP contribution in [0.25, 0.3) is 10.2 Å². The molecule has 0 unspecified atom stereocenters. The van der Waals surface area contributed by atoms with E-state index in [4.69, 9.17) is 4.74 Å². The van der Waals surface area contributed by atoms with E-state index in [2.05, 4.69) is 5.32 Å². The molecule has 0 fully saturated rings. The molecule has 7 nitrogen and oxygen atoms in total. The number of fused-ring (bicyclic) bond motifs is 1. The minimum Gasteiger partial charge on any atom is -0.494 e. The van der Waals surface area contributed by atoms with E-state index in [1.807, 2.05) is 0 Å². The van der Waals surface area contributed by atoms with Gasteiger partial charge in [-0.15, -0.1) is 11.3 Å². The van der Waals surface area contributed by atoms with E-state index >= 15 is 0 Å². The van der Waals surface area contributed by atoms with E-state index in [-0.39, 0.29) is 28.2 Å². The molecule has 0 atom stereocenters. The normalized spacial score (nSPS) is 11.0. The van der Waals surface area contributed by atoms with Crippen LogP contribution in [0.5, 0.6) is 5.75 Å². The van der Waals surface area contributed by atoms with Gasteiger partial charge in [0.25, 0.3) is 5.56 Å². The van der Waals surface area contributed by atoms with Gasteiger partial charge in [0.1, 0.15) is 17.1 Å². The average molecular weight is 457 g/mol. The molecule has 0 saturated heterocycles. The van der Waals surface area contributed by atoms with Gasteiger partial charge in [-0.2, -0.15) is 0 Å². The Kier molecular flexibility index (Phi) is 5.87. The Bertz CT molecular complexity index is 1440. The van der Waals surface area contributed by atoms with Gasteiger partial charge >= 0.3 is 5.69 Å². The minimum atomic E-state index is -0.750. The standard InChI is InChI=1S/C22H17F2N3O4S/c1-31-18-7-6-14(10-16(18)24)25-19(28)12-26-17-8-9-32-20(17)21(29)27(22(26)30)11-13-4-2-3-5-15(13)23/h2-10H,11-12H2,1H3,(H,25,28). The van der Waals surface area contributed by atoms with Crippen LogP contribution in [0.1, 0.15) is 5.56 Å². The number of anilines is 1. The van der Waals surface area contributed by atoms with Crippen molar-refractivity contribution in [3.8, 4) is 5.75 Å². The fraction of sp³-hybridized carbons (Fsp3) is 0.136. The van der Waals surface area contributed by atoms with Crippen molar-refractivity contribution in [2.45, 2.75) is 13.1 Å². The smallest absolute Gasteiger partial charge is 0.332 e. The van der Waals surface area contributed by atoms with Crippen molar-refractivity contribution >= 4 is 33.1 Å². The third-order valence-corrected chi connectivity index (χ3v) is 5.75. The highest BCUT2D eigenvalue weighted by molar-refractivity contribution is 7.17. The summed E-state index contributed by atoms with van der Waals surface area (Å²) >= 11 is 1.12. The highest BCUT2D eigenvalue weighted by Gasteiger charge is 2.18. The molecule has 0 aliphatic heterocycles. The lowest BCUT2D eigenvalue weighted by Crippen LogP contribution is -2.41. The topological polar surface area (TPSA) is 82.3 Å². The van der Waals surface area contributed by atoms with Crippen LogP contribution >= 0.6 is 11.3 Å². The number of halogens is 2. The van der Waals surface area contributed by atoms with Gasteiger partial charge in [-0.3, -0.25) is 18.7 Å². The van der Waals surface area contributed by atoms with Crippen LogP contribution in [0.2, 0.25) is 0 Å². The number of nitrogens with zero attached hydrogens (tertiary/aromatic N) is 2. The Hall–Kier alpha value is -3.79. The molecule has 32 heavy (non-hydrogen) atoms. The highest BCUT2D eigenvalue weighted by Crippen LogP contribution is 2.21. The maximum absolute atomic E-state index is 14.1. The number of amides is 1. The zero-order valence-corrected chi connectivity index (χ0v) is 17.6. The minimum absolute atomic E-state index is 0.0272. The Morgan fingerprint density at radius 3 is 2.56 bits per heavy atom. The largest absolute Gasteiger partial charge is 0.494 e. The second kappa shape index (κ2) is 8.75. The third kappa shape index (κ3) is 4.04. The zero-order chi connectivity index (χ0) is 22.8. The number of aromatic nitrogens is 2. The quantitative estimate of drug-likeness (QED) is 0.482. The van der Waals surface area contributed by atoms with Gasteiger partial charge in [0.15, 0.2) is 11.6 Å². The van der Waals surface area contributed by atoms with E-state index < -0.39 is 35.3 Å². The van der Waals surface area contributed by atoms with Crippen LogP contribution in [0.3, 0.4) is 0 Å². The third-order valence-electron chi connectivity index (χ3n) is 4.86. The van der Waals surface area contributed by atoms with Gasteiger partial charge in [0.05, 0.1) is 19.2 Å². The number of benzene rings is 2. The number of carbonyl (C=O) groups excluding carboxylic acids is 1. The number of hydrogen-bond acceptors (Lipinski definition) is 5. The van der Waals surface area contributed by atoms with Gasteiger partial charge < -0.3 is 10.1 Å². The summed E-state index contributed by atoms with van der Waals surface area (Å²) in [6.07, 6.45) is 0. The first-order chi connectivity index (χ1) is 15.4. The van der Waals surface area contributed by atoms with E-state index in [1.165, 1.54) is 37.4 Å². The first kappa shape index (κ1) is 21.4. The van der Waals surface area contributed by atoms with Crippen molar-refractivity contribution in [2.24, 2.45) is 0 Å². The van der Waals surface area contributed by atoms with E-state index in [0.29, 0.717) is 5.52 Å². The van der Waals surface area contributed by atoms with E-state index in [9.17, 15) is 23.2 Å². The molecule has 1 N–H and O–H groups in total. The first-order valence-corrected chi connectivity index (χ1v) is 10.3.